The van der Waals surface area contributed by atoms with Gasteiger partial charge in [-0.15, -0.1) is 5.10 Å². The molecule has 0 unspecified atom stereocenters. The summed E-state index contributed by atoms with van der Waals surface area (Å²) in [7, 11) is 0. The van der Waals surface area contributed by atoms with Gasteiger partial charge in [0, 0.05) is 28.9 Å². The summed E-state index contributed by atoms with van der Waals surface area (Å²) in [6, 6.07) is 7.99. The molecule has 6 nitrogen and oxygen atoms in total. The molecule has 1 atom stereocenters. The SMILES string of the molecule is CC[C@@H](C)NC(=O)CSc1nc2nc(C)c(Cc3ccc(Cl)cc3)c(C)n2n1. The predicted molar refractivity (Wildman–Crippen MR) is 113 cm³/mol. The third kappa shape index (κ3) is 4.83. The summed E-state index contributed by atoms with van der Waals surface area (Å²) in [6.07, 6.45) is 1.65. The minimum atomic E-state index is -0.0116. The fourth-order valence-corrected chi connectivity index (χ4v) is 3.62. The molecule has 0 aliphatic carbocycles. The smallest absolute Gasteiger partial charge is 0.253 e. The number of nitrogens with zero attached hydrogens (tertiary/aromatic N) is 4. The third-order valence-corrected chi connectivity index (χ3v) is 5.77. The molecule has 0 fully saturated rings. The van der Waals surface area contributed by atoms with Crippen molar-refractivity contribution >= 4 is 35.0 Å². The second-order valence-corrected chi connectivity index (χ2v) is 8.22. The molecule has 1 aromatic carbocycles. The zero-order valence-electron chi connectivity index (χ0n) is 16.5. The van der Waals surface area contributed by atoms with Crippen LogP contribution in [0.1, 0.15) is 42.8 Å². The largest absolute Gasteiger partial charge is 0.353 e. The third-order valence-electron chi connectivity index (χ3n) is 4.68. The molecule has 0 radical (unpaired) electrons. The molecule has 0 spiro atoms. The highest BCUT2D eigenvalue weighted by Gasteiger charge is 2.15. The Morgan fingerprint density at radius 1 is 1.25 bits per heavy atom. The number of fused-ring (bicyclic) bond motifs is 1. The van der Waals surface area contributed by atoms with E-state index in [9.17, 15) is 4.79 Å². The number of rotatable bonds is 7. The number of hydrogen-bond acceptors (Lipinski definition) is 5. The Labute approximate surface area is 174 Å². The van der Waals surface area contributed by atoms with E-state index in [0.29, 0.717) is 10.9 Å². The van der Waals surface area contributed by atoms with E-state index in [4.69, 9.17) is 11.6 Å². The lowest BCUT2D eigenvalue weighted by molar-refractivity contribution is -0.119. The van der Waals surface area contributed by atoms with E-state index in [0.717, 1.165) is 40.4 Å². The van der Waals surface area contributed by atoms with Gasteiger partial charge in [-0.25, -0.2) is 9.50 Å². The van der Waals surface area contributed by atoms with Crippen molar-refractivity contribution in [3.8, 4) is 0 Å². The lowest BCUT2D eigenvalue weighted by Crippen LogP contribution is -2.33. The van der Waals surface area contributed by atoms with E-state index < -0.39 is 0 Å². The Morgan fingerprint density at radius 3 is 2.64 bits per heavy atom. The number of aryl methyl sites for hydroxylation is 2. The van der Waals surface area contributed by atoms with Crippen LogP contribution >= 0.6 is 23.4 Å². The zero-order chi connectivity index (χ0) is 20.3. The topological polar surface area (TPSA) is 72.2 Å². The van der Waals surface area contributed by atoms with Crippen molar-refractivity contribution in [2.75, 3.05) is 5.75 Å². The zero-order valence-corrected chi connectivity index (χ0v) is 18.1. The maximum atomic E-state index is 12.0. The number of carbonyl (C=O) groups excluding carboxylic acids is 1. The number of nitrogens with one attached hydrogen (secondary N) is 1. The summed E-state index contributed by atoms with van der Waals surface area (Å²) >= 11 is 7.30. The van der Waals surface area contributed by atoms with Gasteiger partial charge in [0.2, 0.25) is 11.1 Å². The van der Waals surface area contributed by atoms with Gasteiger partial charge in [0.05, 0.1) is 5.75 Å². The van der Waals surface area contributed by atoms with Gasteiger partial charge in [0.15, 0.2) is 0 Å². The molecule has 3 aromatic rings. The number of thioether (sulfide) groups is 1. The lowest BCUT2D eigenvalue weighted by atomic mass is 10.0. The number of carbonyl (C=O) groups is 1. The van der Waals surface area contributed by atoms with Crippen LogP contribution in [0.15, 0.2) is 29.4 Å². The van der Waals surface area contributed by atoms with Crippen LogP contribution in [0, 0.1) is 13.8 Å². The summed E-state index contributed by atoms with van der Waals surface area (Å²) in [5.74, 6) is 0.832. The van der Waals surface area contributed by atoms with Crippen molar-refractivity contribution in [2.45, 2.75) is 51.7 Å². The maximum absolute atomic E-state index is 12.0. The highest BCUT2D eigenvalue weighted by atomic mass is 35.5. The molecule has 0 aliphatic rings. The molecule has 2 aromatic heterocycles. The molecule has 0 saturated carbocycles. The van der Waals surface area contributed by atoms with Crippen molar-refractivity contribution in [3.63, 3.8) is 0 Å². The van der Waals surface area contributed by atoms with Gasteiger partial charge in [-0.2, -0.15) is 4.98 Å². The van der Waals surface area contributed by atoms with Gasteiger partial charge in [0.25, 0.3) is 5.78 Å². The fraction of sp³-hybridized carbons (Fsp3) is 0.400. The first-order valence-corrected chi connectivity index (χ1v) is 10.6. The summed E-state index contributed by atoms with van der Waals surface area (Å²) < 4.78 is 1.76. The van der Waals surface area contributed by atoms with Crippen LogP contribution < -0.4 is 5.32 Å². The highest BCUT2D eigenvalue weighted by Crippen LogP contribution is 2.21. The van der Waals surface area contributed by atoms with Crippen molar-refractivity contribution in [1.29, 1.82) is 0 Å². The molecule has 0 bridgehead atoms. The Hall–Kier alpha value is -2.12. The standard InChI is InChI=1S/C20H24ClN5OS/c1-5-12(2)22-18(27)11-28-20-24-19-23-13(3)17(14(4)26(19)25-20)10-15-6-8-16(21)9-7-15/h6-9,12H,5,10-11H2,1-4H3,(H,22,27)/t12-/m1/s1. The molecule has 0 aliphatic heterocycles. The minimum absolute atomic E-state index is 0.0116. The van der Waals surface area contributed by atoms with Crippen LogP contribution in [0.2, 0.25) is 5.02 Å². The van der Waals surface area contributed by atoms with E-state index in [1.807, 2.05) is 52.0 Å². The van der Waals surface area contributed by atoms with Gasteiger partial charge < -0.3 is 5.32 Å². The van der Waals surface area contributed by atoms with Crippen LogP contribution in [0.3, 0.4) is 0 Å². The average molecular weight is 418 g/mol. The van der Waals surface area contributed by atoms with Crippen LogP contribution in [0.4, 0.5) is 0 Å². The molecule has 1 N–H and O–H groups in total. The average Bonchev–Trinajstić information content (AvgIpc) is 3.08. The van der Waals surface area contributed by atoms with Gasteiger partial charge in [-0.1, -0.05) is 42.4 Å². The number of aromatic nitrogens is 4. The Balaban J connectivity index is 1.79. The van der Waals surface area contributed by atoms with Crippen molar-refractivity contribution < 1.29 is 4.79 Å². The van der Waals surface area contributed by atoms with Crippen LogP contribution in [-0.4, -0.2) is 37.3 Å². The second kappa shape index (κ2) is 8.92. The van der Waals surface area contributed by atoms with Crippen LogP contribution in [0.25, 0.3) is 5.78 Å². The van der Waals surface area contributed by atoms with Crippen molar-refractivity contribution in [2.24, 2.45) is 0 Å². The molecule has 8 heteroatoms. The van der Waals surface area contributed by atoms with E-state index in [1.54, 1.807) is 4.52 Å². The number of halogens is 1. The number of benzene rings is 1. The van der Waals surface area contributed by atoms with Crippen molar-refractivity contribution in [1.82, 2.24) is 24.9 Å². The van der Waals surface area contributed by atoms with Crippen LogP contribution in [-0.2, 0) is 11.2 Å². The molecule has 148 valence electrons. The quantitative estimate of drug-likeness (QED) is 0.588. The molecule has 0 saturated heterocycles. The minimum Gasteiger partial charge on any atom is -0.353 e. The van der Waals surface area contributed by atoms with Crippen molar-refractivity contribution in [3.05, 3.63) is 51.8 Å². The van der Waals surface area contributed by atoms with Gasteiger partial charge >= 0.3 is 0 Å². The van der Waals surface area contributed by atoms with E-state index in [1.165, 1.54) is 11.8 Å². The molecule has 28 heavy (non-hydrogen) atoms. The normalized spacial score (nSPS) is 12.3. The summed E-state index contributed by atoms with van der Waals surface area (Å²) in [5.41, 5.74) is 4.21. The Kier molecular flexibility index (Phi) is 6.57. The maximum Gasteiger partial charge on any atom is 0.253 e. The molecule has 3 rings (SSSR count). The molecule has 2 heterocycles. The lowest BCUT2D eigenvalue weighted by Gasteiger charge is -2.10. The van der Waals surface area contributed by atoms with E-state index >= 15 is 0 Å². The van der Waals surface area contributed by atoms with Gasteiger partial charge in [-0.3, -0.25) is 4.79 Å². The molecular weight excluding hydrogens is 394 g/mol. The number of hydrogen-bond donors (Lipinski definition) is 1. The van der Waals surface area contributed by atoms with Crippen LogP contribution in [0.5, 0.6) is 0 Å². The molecule has 1 amide bonds. The second-order valence-electron chi connectivity index (χ2n) is 6.84. The summed E-state index contributed by atoms with van der Waals surface area (Å²) in [5, 5.41) is 8.77. The van der Waals surface area contributed by atoms with E-state index in [-0.39, 0.29) is 17.7 Å². The predicted octanol–water partition coefficient (Wildman–Crippen LogP) is 3.99. The Morgan fingerprint density at radius 2 is 1.96 bits per heavy atom. The Bertz CT molecular complexity index is 986. The van der Waals surface area contributed by atoms with Gasteiger partial charge in [0.1, 0.15) is 0 Å². The van der Waals surface area contributed by atoms with Gasteiger partial charge in [-0.05, 0) is 50.5 Å². The summed E-state index contributed by atoms with van der Waals surface area (Å²) in [6.45, 7) is 8.04. The van der Waals surface area contributed by atoms with E-state index in [2.05, 4.69) is 20.4 Å². The highest BCUT2D eigenvalue weighted by molar-refractivity contribution is 7.99. The first-order valence-electron chi connectivity index (χ1n) is 9.26. The molecular formula is C20H24ClN5OS. The monoisotopic (exact) mass is 417 g/mol. The first-order chi connectivity index (χ1) is 13.4. The fourth-order valence-electron chi connectivity index (χ4n) is 2.86. The number of amides is 1. The summed E-state index contributed by atoms with van der Waals surface area (Å²) in [4.78, 5) is 21.1. The first kappa shape index (κ1) is 20.6.